The Bertz CT molecular complexity index is 609. The number of benzene rings is 1. The summed E-state index contributed by atoms with van der Waals surface area (Å²) in [4.78, 5) is 11.7. The lowest BCUT2D eigenvalue weighted by molar-refractivity contribution is 0.0892. The predicted molar refractivity (Wildman–Crippen MR) is 81.2 cm³/mol. The van der Waals surface area contributed by atoms with Crippen LogP contribution in [0.2, 0.25) is 0 Å². The van der Waals surface area contributed by atoms with E-state index in [4.69, 9.17) is 14.3 Å². The van der Waals surface area contributed by atoms with Crippen molar-refractivity contribution in [3.63, 3.8) is 0 Å². The first-order valence-electron chi connectivity index (χ1n) is 6.48. The van der Waals surface area contributed by atoms with E-state index in [2.05, 4.69) is 21.2 Å². The van der Waals surface area contributed by atoms with Crippen molar-refractivity contribution < 1.29 is 19.1 Å². The number of carbonyl (C=O) groups is 1. The van der Waals surface area contributed by atoms with Crippen molar-refractivity contribution >= 4 is 21.8 Å². The topological polar surface area (TPSA) is 71.7 Å². The van der Waals surface area contributed by atoms with E-state index in [0.29, 0.717) is 11.5 Å². The number of halogens is 1. The standard InChI is InChI=1S/C15H16BrNO4/c1-10(18)8-17-15(19)14-6-5-13(21-14)9-20-12-4-2-3-11(16)7-12/h2-7,10,18H,8-9H2,1H3,(H,17,19). The largest absolute Gasteiger partial charge is 0.486 e. The summed E-state index contributed by atoms with van der Waals surface area (Å²) in [6.07, 6.45) is -0.594. The molecule has 1 atom stereocenters. The van der Waals surface area contributed by atoms with Crippen LogP contribution in [0.5, 0.6) is 5.75 Å². The van der Waals surface area contributed by atoms with Gasteiger partial charge in [0, 0.05) is 11.0 Å². The van der Waals surface area contributed by atoms with Gasteiger partial charge in [-0.1, -0.05) is 22.0 Å². The summed E-state index contributed by atoms with van der Waals surface area (Å²) in [5.74, 6) is 1.10. The van der Waals surface area contributed by atoms with Crippen LogP contribution >= 0.6 is 15.9 Å². The van der Waals surface area contributed by atoms with E-state index in [1.54, 1.807) is 19.1 Å². The van der Waals surface area contributed by atoms with Crippen LogP contribution in [0.1, 0.15) is 23.2 Å². The first-order valence-corrected chi connectivity index (χ1v) is 7.27. The Morgan fingerprint density at radius 1 is 1.43 bits per heavy atom. The molecule has 112 valence electrons. The number of hydrogen-bond donors (Lipinski definition) is 2. The highest BCUT2D eigenvalue weighted by molar-refractivity contribution is 9.10. The van der Waals surface area contributed by atoms with Gasteiger partial charge in [-0.25, -0.2) is 0 Å². The van der Waals surface area contributed by atoms with Gasteiger partial charge in [0.15, 0.2) is 5.76 Å². The molecular formula is C15H16BrNO4. The molecule has 0 fully saturated rings. The number of nitrogens with one attached hydrogen (secondary N) is 1. The summed E-state index contributed by atoms with van der Waals surface area (Å²) in [5.41, 5.74) is 0. The van der Waals surface area contributed by atoms with E-state index >= 15 is 0 Å². The van der Waals surface area contributed by atoms with Crippen LogP contribution < -0.4 is 10.1 Å². The Morgan fingerprint density at radius 2 is 2.24 bits per heavy atom. The third-order valence-corrected chi connectivity index (χ3v) is 3.11. The van der Waals surface area contributed by atoms with Gasteiger partial charge >= 0.3 is 0 Å². The van der Waals surface area contributed by atoms with Crippen LogP contribution in [0, 0.1) is 0 Å². The first-order chi connectivity index (χ1) is 10.0. The fourth-order valence-electron chi connectivity index (χ4n) is 1.62. The van der Waals surface area contributed by atoms with Crippen LogP contribution in [-0.2, 0) is 6.61 Å². The number of ether oxygens (including phenoxy) is 1. The average molecular weight is 354 g/mol. The van der Waals surface area contributed by atoms with Crippen molar-refractivity contribution in [2.45, 2.75) is 19.6 Å². The average Bonchev–Trinajstić information content (AvgIpc) is 2.91. The second kappa shape index (κ2) is 7.28. The van der Waals surface area contributed by atoms with Crippen molar-refractivity contribution in [1.82, 2.24) is 5.32 Å². The van der Waals surface area contributed by atoms with Crippen molar-refractivity contribution in [1.29, 1.82) is 0 Å². The number of aliphatic hydroxyl groups excluding tert-OH is 1. The molecule has 0 aliphatic rings. The van der Waals surface area contributed by atoms with Gasteiger partial charge in [0.25, 0.3) is 5.91 Å². The normalized spacial score (nSPS) is 12.0. The Kier molecular flexibility index (Phi) is 5.41. The molecule has 1 heterocycles. The van der Waals surface area contributed by atoms with Gasteiger partial charge in [-0.2, -0.15) is 0 Å². The Hall–Kier alpha value is -1.79. The molecule has 0 saturated carbocycles. The molecule has 0 spiro atoms. The minimum absolute atomic E-state index is 0.184. The third-order valence-electron chi connectivity index (χ3n) is 2.62. The molecule has 0 aliphatic heterocycles. The highest BCUT2D eigenvalue weighted by atomic mass is 79.9. The lowest BCUT2D eigenvalue weighted by atomic mass is 10.3. The van der Waals surface area contributed by atoms with Crippen LogP contribution in [0.25, 0.3) is 0 Å². The van der Waals surface area contributed by atoms with Gasteiger partial charge in [0.2, 0.25) is 0 Å². The van der Waals surface area contributed by atoms with Crippen LogP contribution in [0.3, 0.4) is 0 Å². The van der Waals surface area contributed by atoms with E-state index < -0.39 is 6.10 Å². The Balaban J connectivity index is 1.89. The number of hydrogen-bond acceptors (Lipinski definition) is 4. The Labute approximate surface area is 131 Å². The monoisotopic (exact) mass is 353 g/mol. The number of aliphatic hydroxyl groups is 1. The fourth-order valence-corrected chi connectivity index (χ4v) is 1.99. The maximum Gasteiger partial charge on any atom is 0.287 e. The second-order valence-electron chi connectivity index (χ2n) is 4.57. The molecule has 0 radical (unpaired) electrons. The van der Waals surface area contributed by atoms with Crippen molar-refractivity contribution in [2.24, 2.45) is 0 Å². The minimum atomic E-state index is -0.594. The SMILES string of the molecule is CC(O)CNC(=O)c1ccc(COc2cccc(Br)c2)o1. The van der Waals surface area contributed by atoms with Gasteiger partial charge in [-0.05, 0) is 37.3 Å². The molecule has 1 aromatic heterocycles. The summed E-state index contributed by atoms with van der Waals surface area (Å²) >= 11 is 3.36. The maximum atomic E-state index is 11.7. The molecule has 0 aliphatic carbocycles. The molecule has 0 saturated heterocycles. The van der Waals surface area contributed by atoms with E-state index in [0.717, 1.165) is 4.47 Å². The fraction of sp³-hybridized carbons (Fsp3) is 0.267. The first kappa shape index (κ1) is 15.6. The zero-order valence-corrected chi connectivity index (χ0v) is 13.1. The van der Waals surface area contributed by atoms with Gasteiger partial charge in [-0.15, -0.1) is 0 Å². The van der Waals surface area contributed by atoms with Crippen molar-refractivity contribution in [3.8, 4) is 5.75 Å². The number of furan rings is 1. The highest BCUT2D eigenvalue weighted by Crippen LogP contribution is 2.19. The lowest BCUT2D eigenvalue weighted by Gasteiger charge is -2.05. The van der Waals surface area contributed by atoms with Gasteiger partial charge in [0.05, 0.1) is 6.10 Å². The summed E-state index contributed by atoms with van der Waals surface area (Å²) in [6.45, 7) is 2.02. The molecule has 6 heteroatoms. The van der Waals surface area contributed by atoms with Crippen LogP contribution in [0.4, 0.5) is 0 Å². The Morgan fingerprint density at radius 3 is 2.95 bits per heavy atom. The molecular weight excluding hydrogens is 338 g/mol. The van der Waals surface area contributed by atoms with Gasteiger partial charge in [0.1, 0.15) is 18.1 Å². The zero-order valence-electron chi connectivity index (χ0n) is 11.5. The van der Waals surface area contributed by atoms with Gasteiger partial charge in [-0.3, -0.25) is 4.79 Å². The van der Waals surface area contributed by atoms with Crippen molar-refractivity contribution in [2.75, 3.05) is 6.54 Å². The zero-order chi connectivity index (χ0) is 15.2. The predicted octanol–water partition coefficient (Wildman–Crippen LogP) is 2.73. The lowest BCUT2D eigenvalue weighted by Crippen LogP contribution is -2.30. The number of carbonyl (C=O) groups excluding carboxylic acids is 1. The maximum absolute atomic E-state index is 11.7. The summed E-state index contributed by atoms with van der Waals surface area (Å²) < 4.78 is 11.9. The van der Waals surface area contributed by atoms with Crippen LogP contribution in [-0.4, -0.2) is 23.7 Å². The molecule has 2 rings (SSSR count). The number of rotatable bonds is 6. The molecule has 0 bridgehead atoms. The summed E-state index contributed by atoms with van der Waals surface area (Å²) in [6, 6.07) is 10.7. The molecule has 1 aromatic carbocycles. The van der Waals surface area contributed by atoms with Gasteiger partial charge < -0.3 is 19.6 Å². The second-order valence-corrected chi connectivity index (χ2v) is 5.49. The summed E-state index contributed by atoms with van der Waals surface area (Å²) in [7, 11) is 0. The quantitative estimate of drug-likeness (QED) is 0.837. The molecule has 5 nitrogen and oxygen atoms in total. The molecule has 1 unspecified atom stereocenters. The van der Waals surface area contributed by atoms with E-state index in [1.165, 1.54) is 0 Å². The van der Waals surface area contributed by atoms with E-state index in [1.807, 2.05) is 24.3 Å². The van der Waals surface area contributed by atoms with E-state index in [-0.39, 0.29) is 24.8 Å². The molecule has 21 heavy (non-hydrogen) atoms. The molecule has 1 amide bonds. The van der Waals surface area contributed by atoms with Crippen molar-refractivity contribution in [3.05, 3.63) is 52.4 Å². The van der Waals surface area contributed by atoms with E-state index in [9.17, 15) is 4.79 Å². The van der Waals surface area contributed by atoms with Crippen LogP contribution in [0.15, 0.2) is 45.3 Å². The molecule has 2 N–H and O–H groups in total. The minimum Gasteiger partial charge on any atom is -0.486 e. The highest BCUT2D eigenvalue weighted by Gasteiger charge is 2.11. The third kappa shape index (κ3) is 4.91. The molecule has 2 aromatic rings. The smallest absolute Gasteiger partial charge is 0.287 e. The number of amides is 1. The summed E-state index contributed by atoms with van der Waals surface area (Å²) in [5, 5.41) is 11.7.